The predicted molar refractivity (Wildman–Crippen MR) is 114 cm³/mol. The lowest BCUT2D eigenvalue weighted by molar-refractivity contribution is -0.124. The van der Waals surface area contributed by atoms with Gasteiger partial charge in [0.05, 0.1) is 19.7 Å². The van der Waals surface area contributed by atoms with Crippen LogP contribution in [0.3, 0.4) is 0 Å². The molecule has 1 saturated heterocycles. The Balaban J connectivity index is 1.47. The summed E-state index contributed by atoms with van der Waals surface area (Å²) in [6.45, 7) is 3.67. The fourth-order valence-electron chi connectivity index (χ4n) is 3.68. The average molecular weight is 396 g/mol. The third kappa shape index (κ3) is 5.81. The maximum Gasteiger partial charge on any atom is 0.241 e. The Labute approximate surface area is 172 Å². The van der Waals surface area contributed by atoms with Crippen LogP contribution in [0.5, 0.6) is 5.75 Å². The molecule has 0 aliphatic carbocycles. The molecule has 1 aliphatic heterocycles. The molecule has 2 aromatic rings. The zero-order chi connectivity index (χ0) is 20.6. The van der Waals surface area contributed by atoms with E-state index in [0.29, 0.717) is 6.54 Å². The molecule has 1 unspecified atom stereocenters. The minimum absolute atomic E-state index is 0.0391. The van der Waals surface area contributed by atoms with E-state index in [2.05, 4.69) is 29.7 Å². The summed E-state index contributed by atoms with van der Waals surface area (Å²) in [4.78, 5) is 27.0. The molecule has 2 amide bonds. The summed E-state index contributed by atoms with van der Waals surface area (Å²) in [6.07, 6.45) is 2.48. The number of nitrogens with one attached hydrogen (secondary N) is 2. The van der Waals surface area contributed by atoms with Crippen molar-refractivity contribution in [2.24, 2.45) is 0 Å². The molecule has 154 valence electrons. The number of likely N-dealkylation sites (tertiary alicyclic amines) is 1. The average Bonchev–Trinajstić information content (AvgIpc) is 3.18. The van der Waals surface area contributed by atoms with Gasteiger partial charge in [-0.25, -0.2) is 0 Å². The molecular weight excluding hydrogens is 366 g/mol. The smallest absolute Gasteiger partial charge is 0.241 e. The fraction of sp³-hybridized carbons (Fsp3) is 0.391. The number of nitrogens with zero attached hydrogens (tertiary/aromatic N) is 1. The van der Waals surface area contributed by atoms with Crippen LogP contribution in [0.4, 0.5) is 5.69 Å². The fourth-order valence-corrected chi connectivity index (χ4v) is 3.68. The SMILES string of the molecule is COc1ccc(NC(=O)C2CCCN2CC(=O)NCCc2ccccc2C)cc1. The standard InChI is InChI=1S/C23H29N3O3/c1-17-6-3-4-7-18(17)13-14-24-22(27)16-26-15-5-8-21(26)23(28)25-19-9-11-20(29-2)12-10-19/h3-4,6-7,9-12,21H,5,8,13-16H2,1-2H3,(H,24,27)(H,25,28). The van der Waals surface area contributed by atoms with Gasteiger partial charge in [-0.05, 0) is 68.1 Å². The lowest BCUT2D eigenvalue weighted by Crippen LogP contribution is -2.45. The number of anilines is 1. The minimum Gasteiger partial charge on any atom is -0.497 e. The summed E-state index contributed by atoms with van der Waals surface area (Å²) >= 11 is 0. The number of ether oxygens (including phenoxy) is 1. The summed E-state index contributed by atoms with van der Waals surface area (Å²) in [5.74, 6) is 0.635. The van der Waals surface area contributed by atoms with Crippen molar-refractivity contribution in [2.45, 2.75) is 32.2 Å². The van der Waals surface area contributed by atoms with Crippen LogP contribution in [-0.4, -0.2) is 49.5 Å². The van der Waals surface area contributed by atoms with Crippen molar-refractivity contribution < 1.29 is 14.3 Å². The largest absolute Gasteiger partial charge is 0.497 e. The third-order valence-corrected chi connectivity index (χ3v) is 5.35. The van der Waals surface area contributed by atoms with Gasteiger partial charge >= 0.3 is 0 Å². The Morgan fingerprint density at radius 2 is 1.90 bits per heavy atom. The van der Waals surface area contributed by atoms with E-state index in [1.807, 2.05) is 41.3 Å². The van der Waals surface area contributed by atoms with Crippen LogP contribution in [0, 0.1) is 6.92 Å². The lowest BCUT2D eigenvalue weighted by atomic mass is 10.1. The summed E-state index contributed by atoms with van der Waals surface area (Å²) in [6, 6.07) is 15.2. The molecule has 1 atom stereocenters. The normalized spacial score (nSPS) is 16.4. The maximum absolute atomic E-state index is 12.7. The molecule has 0 radical (unpaired) electrons. The van der Waals surface area contributed by atoms with Crippen LogP contribution in [0.1, 0.15) is 24.0 Å². The number of hydrogen-bond acceptors (Lipinski definition) is 4. The van der Waals surface area contributed by atoms with Crippen LogP contribution in [0.2, 0.25) is 0 Å². The van der Waals surface area contributed by atoms with Gasteiger partial charge in [0.2, 0.25) is 11.8 Å². The number of carbonyl (C=O) groups is 2. The Hall–Kier alpha value is -2.86. The van der Waals surface area contributed by atoms with E-state index in [1.54, 1.807) is 7.11 Å². The predicted octanol–water partition coefficient (Wildman–Crippen LogP) is 2.77. The molecule has 3 rings (SSSR count). The summed E-state index contributed by atoms with van der Waals surface area (Å²) < 4.78 is 5.14. The molecule has 0 bridgehead atoms. The Kier molecular flexibility index (Phi) is 7.25. The molecule has 0 saturated carbocycles. The minimum atomic E-state index is -0.279. The molecular formula is C23H29N3O3. The first-order valence-corrected chi connectivity index (χ1v) is 10.1. The Morgan fingerprint density at radius 1 is 1.14 bits per heavy atom. The van der Waals surface area contributed by atoms with Gasteiger partial charge in [-0.15, -0.1) is 0 Å². The van der Waals surface area contributed by atoms with Crippen LogP contribution < -0.4 is 15.4 Å². The number of aryl methyl sites for hydroxylation is 1. The number of carbonyl (C=O) groups excluding carboxylic acids is 2. The van der Waals surface area contributed by atoms with Gasteiger partial charge in [0.15, 0.2) is 0 Å². The highest BCUT2D eigenvalue weighted by atomic mass is 16.5. The second-order valence-corrected chi connectivity index (χ2v) is 7.37. The zero-order valence-electron chi connectivity index (χ0n) is 17.1. The van der Waals surface area contributed by atoms with Crippen molar-refractivity contribution >= 4 is 17.5 Å². The van der Waals surface area contributed by atoms with Crippen molar-refractivity contribution in [1.82, 2.24) is 10.2 Å². The number of benzene rings is 2. The summed E-state index contributed by atoms with van der Waals surface area (Å²) in [7, 11) is 1.61. The van der Waals surface area contributed by atoms with Crippen LogP contribution >= 0.6 is 0 Å². The highest BCUT2D eigenvalue weighted by Gasteiger charge is 2.31. The quantitative estimate of drug-likeness (QED) is 0.721. The first-order chi connectivity index (χ1) is 14.1. The van der Waals surface area contributed by atoms with E-state index in [4.69, 9.17) is 4.74 Å². The van der Waals surface area contributed by atoms with Crippen molar-refractivity contribution in [3.63, 3.8) is 0 Å². The van der Waals surface area contributed by atoms with E-state index in [0.717, 1.165) is 37.2 Å². The molecule has 6 heteroatoms. The van der Waals surface area contributed by atoms with Gasteiger partial charge in [-0.1, -0.05) is 24.3 Å². The Bertz CT molecular complexity index is 836. The second-order valence-electron chi connectivity index (χ2n) is 7.37. The lowest BCUT2D eigenvalue weighted by Gasteiger charge is -2.23. The molecule has 1 aliphatic rings. The van der Waals surface area contributed by atoms with Crippen LogP contribution in [-0.2, 0) is 16.0 Å². The van der Waals surface area contributed by atoms with E-state index < -0.39 is 0 Å². The molecule has 29 heavy (non-hydrogen) atoms. The molecule has 0 spiro atoms. The molecule has 6 nitrogen and oxygen atoms in total. The molecule has 1 fully saturated rings. The van der Waals surface area contributed by atoms with Crippen LogP contribution in [0.15, 0.2) is 48.5 Å². The monoisotopic (exact) mass is 395 g/mol. The Morgan fingerprint density at radius 3 is 2.62 bits per heavy atom. The van der Waals surface area contributed by atoms with Gasteiger partial charge in [0.25, 0.3) is 0 Å². The van der Waals surface area contributed by atoms with Crippen molar-refractivity contribution in [1.29, 1.82) is 0 Å². The van der Waals surface area contributed by atoms with E-state index >= 15 is 0 Å². The number of rotatable bonds is 8. The van der Waals surface area contributed by atoms with E-state index in [9.17, 15) is 9.59 Å². The highest BCUT2D eigenvalue weighted by Crippen LogP contribution is 2.20. The first-order valence-electron chi connectivity index (χ1n) is 10.1. The van der Waals surface area contributed by atoms with E-state index in [-0.39, 0.29) is 24.4 Å². The zero-order valence-corrected chi connectivity index (χ0v) is 17.1. The molecule has 2 N–H and O–H groups in total. The van der Waals surface area contributed by atoms with Gasteiger partial charge in [0.1, 0.15) is 5.75 Å². The van der Waals surface area contributed by atoms with Gasteiger partial charge in [-0.2, -0.15) is 0 Å². The van der Waals surface area contributed by atoms with Crippen molar-refractivity contribution in [3.8, 4) is 5.75 Å². The van der Waals surface area contributed by atoms with Gasteiger partial charge < -0.3 is 15.4 Å². The number of amides is 2. The summed E-state index contributed by atoms with van der Waals surface area (Å²) in [5, 5.41) is 5.92. The van der Waals surface area contributed by atoms with Gasteiger partial charge in [0, 0.05) is 12.2 Å². The van der Waals surface area contributed by atoms with Crippen LogP contribution in [0.25, 0.3) is 0 Å². The van der Waals surface area contributed by atoms with Gasteiger partial charge in [-0.3, -0.25) is 14.5 Å². The van der Waals surface area contributed by atoms with E-state index in [1.165, 1.54) is 11.1 Å². The summed E-state index contributed by atoms with van der Waals surface area (Å²) in [5.41, 5.74) is 3.20. The number of methoxy groups -OCH3 is 1. The first kappa shape index (κ1) is 20.9. The molecule has 1 heterocycles. The highest BCUT2D eigenvalue weighted by molar-refractivity contribution is 5.95. The third-order valence-electron chi connectivity index (χ3n) is 5.35. The maximum atomic E-state index is 12.7. The molecule has 2 aromatic carbocycles. The van der Waals surface area contributed by atoms with Crippen molar-refractivity contribution in [3.05, 3.63) is 59.7 Å². The second kappa shape index (κ2) is 10.1. The number of hydrogen-bond donors (Lipinski definition) is 2. The molecule has 0 aromatic heterocycles. The van der Waals surface area contributed by atoms with Crippen molar-refractivity contribution in [2.75, 3.05) is 32.1 Å². The topological polar surface area (TPSA) is 70.7 Å².